The number of hydrogen-bond acceptors (Lipinski definition) is 3. The molecule has 9 rings (SSSR count). The van der Waals surface area contributed by atoms with Crippen molar-refractivity contribution in [2.75, 3.05) is 0 Å². The van der Waals surface area contributed by atoms with Crippen LogP contribution in [-0.4, -0.2) is 0 Å². The van der Waals surface area contributed by atoms with Crippen molar-refractivity contribution >= 4 is 76.2 Å². The van der Waals surface area contributed by atoms with Crippen LogP contribution in [0.15, 0.2) is 93.8 Å². The Bertz CT molecular complexity index is 2720. The molecule has 0 atom stereocenters. The van der Waals surface area contributed by atoms with Crippen LogP contribution in [0, 0.1) is 13.8 Å². The molecular weight excluding hydrogens is 576 g/mol. The van der Waals surface area contributed by atoms with Gasteiger partial charge in [0.1, 0.15) is 33.8 Å². The molecule has 0 fully saturated rings. The smallest absolute Gasteiger partial charge is 0.136 e. The number of ether oxygens (including phenoxy) is 1. The zero-order chi connectivity index (χ0) is 32.6. The van der Waals surface area contributed by atoms with E-state index in [0.29, 0.717) is 0 Å². The van der Waals surface area contributed by atoms with Crippen LogP contribution in [0.4, 0.5) is 0 Å². The van der Waals surface area contributed by atoms with Crippen LogP contribution in [0.5, 0.6) is 11.5 Å². The van der Waals surface area contributed by atoms with Gasteiger partial charge in [-0.05, 0) is 111 Å². The van der Waals surface area contributed by atoms with Gasteiger partial charge in [-0.2, -0.15) is 0 Å². The molecule has 0 spiro atoms. The Morgan fingerprint density at radius 1 is 0.447 bits per heavy atom. The van der Waals surface area contributed by atoms with Crippen LogP contribution < -0.4 is 4.74 Å². The maximum Gasteiger partial charge on any atom is 0.136 e. The van der Waals surface area contributed by atoms with E-state index in [1.807, 2.05) is 0 Å². The van der Waals surface area contributed by atoms with Crippen molar-refractivity contribution in [2.45, 2.75) is 66.2 Å². The number of rotatable bonds is 2. The second-order valence-corrected chi connectivity index (χ2v) is 15.6. The fourth-order valence-electron chi connectivity index (χ4n) is 7.67. The van der Waals surface area contributed by atoms with Crippen molar-refractivity contribution in [2.24, 2.45) is 0 Å². The molecule has 0 unspecified atom stereocenters. The predicted molar refractivity (Wildman–Crippen MR) is 198 cm³/mol. The van der Waals surface area contributed by atoms with Gasteiger partial charge in [0, 0.05) is 32.3 Å². The summed E-state index contributed by atoms with van der Waals surface area (Å²) in [5.41, 5.74) is 8.52. The predicted octanol–water partition coefficient (Wildman–Crippen LogP) is 13.4. The lowest BCUT2D eigenvalue weighted by Gasteiger charge is -2.18. The minimum absolute atomic E-state index is 0.0243. The lowest BCUT2D eigenvalue weighted by atomic mass is 9.86. The first kappa shape index (κ1) is 28.2. The quantitative estimate of drug-likeness (QED) is 0.182. The lowest BCUT2D eigenvalue weighted by molar-refractivity contribution is 0.488. The van der Waals surface area contributed by atoms with E-state index in [1.165, 1.54) is 43.8 Å². The van der Waals surface area contributed by atoms with E-state index < -0.39 is 0 Å². The molecule has 0 aliphatic heterocycles. The van der Waals surface area contributed by atoms with Crippen molar-refractivity contribution in [3.05, 3.63) is 107 Å². The largest absolute Gasteiger partial charge is 0.457 e. The van der Waals surface area contributed by atoms with Crippen LogP contribution in [0.3, 0.4) is 0 Å². The molecule has 0 aliphatic rings. The van der Waals surface area contributed by atoms with E-state index in [2.05, 4.69) is 140 Å². The molecule has 232 valence electrons. The third-order valence-electron chi connectivity index (χ3n) is 10.0. The van der Waals surface area contributed by atoms with Gasteiger partial charge in [-0.1, -0.05) is 84.0 Å². The third-order valence-corrected chi connectivity index (χ3v) is 10.0. The monoisotopic (exact) mass is 614 g/mol. The summed E-state index contributed by atoms with van der Waals surface area (Å²) in [4.78, 5) is 0. The number of aryl methyl sites for hydroxylation is 2. The second-order valence-electron chi connectivity index (χ2n) is 15.6. The molecule has 0 saturated heterocycles. The highest BCUT2D eigenvalue weighted by molar-refractivity contribution is 6.37. The molecule has 7 aromatic carbocycles. The van der Waals surface area contributed by atoms with Gasteiger partial charge in [-0.3, -0.25) is 0 Å². The van der Waals surface area contributed by atoms with Crippen LogP contribution >= 0.6 is 0 Å². The molecule has 0 N–H and O–H groups in total. The van der Waals surface area contributed by atoms with E-state index in [9.17, 15) is 0 Å². The van der Waals surface area contributed by atoms with Crippen LogP contribution in [0.2, 0.25) is 0 Å². The Morgan fingerprint density at radius 2 is 0.957 bits per heavy atom. The van der Waals surface area contributed by atoms with Crippen LogP contribution in [0.1, 0.15) is 63.8 Å². The fraction of sp³-hybridized carbons (Fsp3) is 0.227. The SMILES string of the molecule is Cc1cc(C)cc(Oc2cc3cc4oc5cc(C(C)(C)C)ccc5c4c4ccc5c6c(cc2c5c34)oc2cc(C(C)(C)C)ccc26)c1. The minimum Gasteiger partial charge on any atom is -0.457 e. The van der Waals surface area contributed by atoms with Gasteiger partial charge < -0.3 is 13.6 Å². The van der Waals surface area contributed by atoms with Crippen LogP contribution in [-0.2, 0) is 10.8 Å². The van der Waals surface area contributed by atoms with Crippen molar-refractivity contribution in [1.29, 1.82) is 0 Å². The first-order chi connectivity index (χ1) is 22.3. The lowest BCUT2D eigenvalue weighted by Crippen LogP contribution is -2.10. The van der Waals surface area contributed by atoms with Gasteiger partial charge in [0.2, 0.25) is 0 Å². The Labute approximate surface area is 274 Å². The molecule has 47 heavy (non-hydrogen) atoms. The Kier molecular flexibility index (Phi) is 5.58. The summed E-state index contributed by atoms with van der Waals surface area (Å²) in [5, 5.41) is 11.5. The zero-order valence-corrected chi connectivity index (χ0v) is 28.3. The van der Waals surface area contributed by atoms with Gasteiger partial charge in [0.15, 0.2) is 0 Å². The normalized spacial score (nSPS) is 13.1. The summed E-state index contributed by atoms with van der Waals surface area (Å²) < 4.78 is 20.1. The van der Waals surface area contributed by atoms with Crippen molar-refractivity contribution in [3.8, 4) is 11.5 Å². The standard InChI is InChI=1S/C44H38O3/c1-23-15-24(2)17-28(16-23)45-34-18-25-19-37-40(29-11-9-26(43(3,4)5)20-35(29)46-37)31-13-14-32-41-30-12-10-27(44(6,7)8)21-36(30)47-38(41)22-33(34)42(32)39(25)31/h9-22H,1-8H3. The molecule has 0 bridgehead atoms. The number of fused-ring (bicyclic) bond motifs is 8. The average Bonchev–Trinajstić information content (AvgIpc) is 3.55. The first-order valence-corrected chi connectivity index (χ1v) is 16.6. The summed E-state index contributed by atoms with van der Waals surface area (Å²) >= 11 is 0. The fourth-order valence-corrected chi connectivity index (χ4v) is 7.67. The van der Waals surface area contributed by atoms with Crippen molar-refractivity contribution in [1.82, 2.24) is 0 Å². The highest BCUT2D eigenvalue weighted by Crippen LogP contribution is 2.49. The molecule has 0 radical (unpaired) electrons. The topological polar surface area (TPSA) is 35.5 Å². The zero-order valence-electron chi connectivity index (χ0n) is 28.3. The molecule has 0 aliphatic carbocycles. The van der Waals surface area contributed by atoms with Crippen molar-refractivity contribution in [3.63, 3.8) is 0 Å². The van der Waals surface area contributed by atoms with E-state index in [0.717, 1.165) is 66.1 Å². The molecule has 9 aromatic rings. The number of hydrogen-bond donors (Lipinski definition) is 0. The first-order valence-electron chi connectivity index (χ1n) is 16.6. The second kappa shape index (κ2) is 9.29. The number of benzene rings is 7. The summed E-state index contributed by atoms with van der Waals surface area (Å²) in [6.45, 7) is 17.7. The molecule has 2 aromatic heterocycles. The highest BCUT2D eigenvalue weighted by Gasteiger charge is 2.24. The van der Waals surface area contributed by atoms with Crippen LogP contribution in [0.25, 0.3) is 76.2 Å². The van der Waals surface area contributed by atoms with Gasteiger partial charge in [-0.25, -0.2) is 0 Å². The van der Waals surface area contributed by atoms with Gasteiger partial charge in [-0.15, -0.1) is 0 Å². The molecule has 2 heterocycles. The summed E-state index contributed by atoms with van der Waals surface area (Å²) in [7, 11) is 0. The average molecular weight is 615 g/mol. The Hall–Kier alpha value is -5.02. The van der Waals surface area contributed by atoms with Gasteiger partial charge >= 0.3 is 0 Å². The Balaban J connectivity index is 1.42. The molecular formula is C44H38O3. The van der Waals surface area contributed by atoms with E-state index in [4.69, 9.17) is 13.6 Å². The number of furan rings is 2. The van der Waals surface area contributed by atoms with E-state index in [1.54, 1.807) is 0 Å². The summed E-state index contributed by atoms with van der Waals surface area (Å²) in [6, 6.07) is 30.9. The van der Waals surface area contributed by atoms with Crippen molar-refractivity contribution < 1.29 is 13.6 Å². The molecule has 3 nitrogen and oxygen atoms in total. The van der Waals surface area contributed by atoms with Gasteiger partial charge in [0.25, 0.3) is 0 Å². The third kappa shape index (κ3) is 4.18. The minimum atomic E-state index is 0.0243. The highest BCUT2D eigenvalue weighted by atomic mass is 16.5. The molecule has 0 saturated carbocycles. The maximum atomic E-state index is 6.79. The summed E-state index contributed by atoms with van der Waals surface area (Å²) in [5.74, 6) is 1.64. The molecule has 0 amide bonds. The van der Waals surface area contributed by atoms with E-state index in [-0.39, 0.29) is 10.8 Å². The summed E-state index contributed by atoms with van der Waals surface area (Å²) in [6.07, 6.45) is 0. The Morgan fingerprint density at radius 3 is 1.51 bits per heavy atom. The van der Waals surface area contributed by atoms with Gasteiger partial charge in [0.05, 0.1) is 0 Å². The maximum absolute atomic E-state index is 6.79. The molecule has 3 heteroatoms. The van der Waals surface area contributed by atoms with E-state index >= 15 is 0 Å².